The zero-order chi connectivity index (χ0) is 22.4. The maximum atomic E-state index is 12.2. The summed E-state index contributed by atoms with van der Waals surface area (Å²) in [4.78, 5) is 30.6. The third-order valence-electron chi connectivity index (χ3n) is 5.31. The third kappa shape index (κ3) is 7.83. The van der Waals surface area contributed by atoms with Crippen LogP contribution in [0.3, 0.4) is 0 Å². The summed E-state index contributed by atoms with van der Waals surface area (Å²) < 4.78 is 5.40. The Morgan fingerprint density at radius 1 is 1.22 bits per heavy atom. The van der Waals surface area contributed by atoms with Crippen molar-refractivity contribution in [2.24, 2.45) is 10.9 Å². The quantitative estimate of drug-likeness (QED) is 0.282. The second-order valence-electron chi connectivity index (χ2n) is 9.24. The highest BCUT2D eigenvalue weighted by atomic mass is 127. The molecule has 2 fully saturated rings. The molecule has 1 aromatic rings. The van der Waals surface area contributed by atoms with Gasteiger partial charge in [0.15, 0.2) is 5.96 Å². The van der Waals surface area contributed by atoms with Crippen molar-refractivity contribution in [1.82, 2.24) is 15.5 Å². The Kier molecular flexibility index (Phi) is 9.60. The van der Waals surface area contributed by atoms with Crippen LogP contribution in [-0.2, 0) is 16.1 Å². The monoisotopic (exact) mass is 557 g/mol. The average Bonchev–Trinajstić information content (AvgIpc) is 2.59. The van der Waals surface area contributed by atoms with Crippen LogP contribution in [0.25, 0.3) is 0 Å². The van der Waals surface area contributed by atoms with E-state index in [1.54, 1.807) is 4.90 Å². The normalized spacial score (nSPS) is 16.9. The van der Waals surface area contributed by atoms with Gasteiger partial charge in [0.1, 0.15) is 5.60 Å². The van der Waals surface area contributed by atoms with Crippen LogP contribution in [0.2, 0.25) is 0 Å². The molecule has 1 saturated heterocycles. The van der Waals surface area contributed by atoms with Gasteiger partial charge in [0.2, 0.25) is 5.91 Å². The smallest absolute Gasteiger partial charge is 0.410 e. The van der Waals surface area contributed by atoms with E-state index >= 15 is 0 Å². The van der Waals surface area contributed by atoms with E-state index in [-0.39, 0.29) is 47.9 Å². The number of nitrogens with zero attached hydrogens (tertiary/aromatic N) is 2. The van der Waals surface area contributed by atoms with Gasteiger partial charge in [-0.05, 0) is 58.2 Å². The molecule has 2 amide bonds. The minimum absolute atomic E-state index is 0. The van der Waals surface area contributed by atoms with E-state index in [4.69, 9.17) is 4.74 Å². The van der Waals surface area contributed by atoms with Gasteiger partial charge in [-0.3, -0.25) is 4.79 Å². The van der Waals surface area contributed by atoms with Crippen LogP contribution in [0.5, 0.6) is 0 Å². The zero-order valence-corrected chi connectivity index (χ0v) is 21.8. The molecule has 3 N–H and O–H groups in total. The van der Waals surface area contributed by atoms with Gasteiger partial charge in [-0.1, -0.05) is 18.6 Å². The lowest BCUT2D eigenvalue weighted by atomic mass is 9.85. The van der Waals surface area contributed by atoms with Crippen LogP contribution >= 0.6 is 24.0 Å². The number of likely N-dealkylation sites (tertiary alicyclic amines) is 1. The van der Waals surface area contributed by atoms with Crippen LogP contribution in [-0.4, -0.2) is 54.1 Å². The van der Waals surface area contributed by atoms with E-state index in [1.165, 1.54) is 0 Å². The molecule has 2 aliphatic rings. The predicted octanol–water partition coefficient (Wildman–Crippen LogP) is 3.72. The first-order valence-corrected chi connectivity index (χ1v) is 11.2. The molecule has 0 radical (unpaired) electrons. The van der Waals surface area contributed by atoms with Gasteiger partial charge in [0, 0.05) is 31.2 Å². The van der Waals surface area contributed by atoms with Gasteiger partial charge in [0.05, 0.1) is 12.6 Å². The Bertz CT molecular complexity index is 814. The molecule has 0 bridgehead atoms. The summed E-state index contributed by atoms with van der Waals surface area (Å²) in [6.07, 6.45) is 2.83. The summed E-state index contributed by atoms with van der Waals surface area (Å²) >= 11 is 0. The minimum atomic E-state index is -0.488. The van der Waals surface area contributed by atoms with Crippen molar-refractivity contribution < 1.29 is 14.3 Å². The van der Waals surface area contributed by atoms with E-state index in [1.807, 2.05) is 52.0 Å². The summed E-state index contributed by atoms with van der Waals surface area (Å²) in [5.74, 6) is 0.982. The number of anilines is 1. The van der Waals surface area contributed by atoms with Gasteiger partial charge in [-0.25, -0.2) is 9.79 Å². The molecule has 178 valence electrons. The summed E-state index contributed by atoms with van der Waals surface area (Å²) in [5.41, 5.74) is 1.35. The van der Waals surface area contributed by atoms with Crippen molar-refractivity contribution in [2.45, 2.75) is 65.1 Å². The predicted molar refractivity (Wildman–Crippen MR) is 137 cm³/mol. The molecule has 1 saturated carbocycles. The van der Waals surface area contributed by atoms with E-state index in [0.717, 1.165) is 37.1 Å². The molecule has 1 aliphatic heterocycles. The highest BCUT2D eigenvalue weighted by molar-refractivity contribution is 14.0. The minimum Gasteiger partial charge on any atom is -0.444 e. The number of halogens is 1. The molecule has 9 heteroatoms. The maximum absolute atomic E-state index is 12.2. The lowest BCUT2D eigenvalue weighted by molar-refractivity contribution is -0.122. The van der Waals surface area contributed by atoms with E-state index < -0.39 is 5.60 Å². The van der Waals surface area contributed by atoms with Crippen molar-refractivity contribution in [3.8, 4) is 0 Å². The number of hydrogen-bond donors (Lipinski definition) is 3. The average molecular weight is 557 g/mol. The van der Waals surface area contributed by atoms with Crippen molar-refractivity contribution in [2.75, 3.05) is 25.0 Å². The van der Waals surface area contributed by atoms with E-state index in [0.29, 0.717) is 25.6 Å². The van der Waals surface area contributed by atoms with Gasteiger partial charge in [-0.15, -0.1) is 24.0 Å². The number of benzene rings is 1. The van der Waals surface area contributed by atoms with Gasteiger partial charge < -0.3 is 25.6 Å². The molecule has 0 unspecified atom stereocenters. The molecule has 32 heavy (non-hydrogen) atoms. The maximum Gasteiger partial charge on any atom is 0.410 e. The van der Waals surface area contributed by atoms with Gasteiger partial charge >= 0.3 is 6.09 Å². The highest BCUT2D eigenvalue weighted by Gasteiger charge is 2.34. The summed E-state index contributed by atoms with van der Waals surface area (Å²) in [6.45, 7) is 10.0. The first-order valence-electron chi connectivity index (χ1n) is 11.2. The molecular formula is C23H36IN5O3. The number of guanidine groups is 1. The summed E-state index contributed by atoms with van der Waals surface area (Å²) in [5, 5.41) is 9.63. The second kappa shape index (κ2) is 11.7. The fraction of sp³-hybridized carbons (Fsp3) is 0.609. The van der Waals surface area contributed by atoms with Gasteiger partial charge in [0.25, 0.3) is 0 Å². The molecule has 0 atom stereocenters. The number of hydrogen-bond acceptors (Lipinski definition) is 4. The molecule has 0 spiro atoms. The first-order chi connectivity index (χ1) is 14.7. The number of carbonyl (C=O) groups is 2. The van der Waals surface area contributed by atoms with E-state index in [2.05, 4.69) is 20.9 Å². The number of carbonyl (C=O) groups excluding carboxylic acids is 2. The van der Waals surface area contributed by atoms with Crippen LogP contribution in [0.1, 0.15) is 52.5 Å². The fourth-order valence-electron chi connectivity index (χ4n) is 3.39. The number of rotatable bonds is 6. The van der Waals surface area contributed by atoms with Crippen molar-refractivity contribution >= 4 is 47.6 Å². The van der Waals surface area contributed by atoms with Crippen LogP contribution < -0.4 is 16.0 Å². The van der Waals surface area contributed by atoms with Crippen molar-refractivity contribution in [1.29, 1.82) is 0 Å². The SMILES string of the molecule is CCNC(=NCc1cccc(NC(=O)C2CCC2)c1)NC1CN(C(=O)OC(C)(C)C)C1.I. The summed E-state index contributed by atoms with van der Waals surface area (Å²) in [7, 11) is 0. The molecule has 0 aromatic heterocycles. The summed E-state index contributed by atoms with van der Waals surface area (Å²) in [6, 6.07) is 7.95. The Hall–Kier alpha value is -2.04. The molecule has 1 aliphatic carbocycles. The Balaban J connectivity index is 0.00000363. The Labute approximate surface area is 208 Å². The topological polar surface area (TPSA) is 95.1 Å². The van der Waals surface area contributed by atoms with Crippen LogP contribution in [0, 0.1) is 5.92 Å². The van der Waals surface area contributed by atoms with E-state index in [9.17, 15) is 9.59 Å². The first kappa shape index (κ1) is 26.2. The third-order valence-corrected chi connectivity index (χ3v) is 5.31. The van der Waals surface area contributed by atoms with Crippen molar-refractivity contribution in [3.63, 3.8) is 0 Å². The van der Waals surface area contributed by atoms with Crippen LogP contribution in [0.15, 0.2) is 29.3 Å². The Morgan fingerprint density at radius 3 is 2.53 bits per heavy atom. The number of amides is 2. The zero-order valence-electron chi connectivity index (χ0n) is 19.4. The van der Waals surface area contributed by atoms with Crippen molar-refractivity contribution in [3.05, 3.63) is 29.8 Å². The lowest BCUT2D eigenvalue weighted by Gasteiger charge is -2.40. The number of ether oxygens (including phenoxy) is 1. The standard InChI is InChI=1S/C23H35N5O3.HI/c1-5-24-21(27-19-14-28(15-19)22(30)31-23(2,3)4)25-13-16-8-6-11-18(12-16)26-20(29)17-9-7-10-17;/h6,8,11-12,17,19H,5,7,9-10,13-15H2,1-4H3,(H,26,29)(H2,24,25,27);1H. The molecule has 1 aromatic carbocycles. The molecular weight excluding hydrogens is 521 g/mol. The number of aliphatic imine (C=N–C) groups is 1. The molecule has 8 nitrogen and oxygen atoms in total. The van der Waals surface area contributed by atoms with Crippen LogP contribution in [0.4, 0.5) is 10.5 Å². The lowest BCUT2D eigenvalue weighted by Crippen LogP contribution is -2.63. The second-order valence-corrected chi connectivity index (χ2v) is 9.24. The molecule has 1 heterocycles. The Morgan fingerprint density at radius 2 is 1.94 bits per heavy atom. The largest absolute Gasteiger partial charge is 0.444 e. The van der Waals surface area contributed by atoms with Gasteiger partial charge in [-0.2, -0.15) is 0 Å². The highest BCUT2D eigenvalue weighted by Crippen LogP contribution is 2.27. The molecule has 3 rings (SSSR count). The number of nitrogens with one attached hydrogen (secondary N) is 3. The fourth-order valence-corrected chi connectivity index (χ4v) is 3.39.